The third-order valence-corrected chi connectivity index (χ3v) is 6.55. The number of hydrogen-bond acceptors (Lipinski definition) is 3. The van der Waals surface area contributed by atoms with Crippen molar-refractivity contribution in [3.63, 3.8) is 0 Å². The SMILES string of the molecule is O=S(=O)(c1cc(C(F)(F)F)ccc1Cl)N1C[C@H]2CNC[C@H]2C1. The highest BCUT2D eigenvalue weighted by atomic mass is 35.5. The number of nitrogens with zero attached hydrogens (tertiary/aromatic N) is 1. The molecule has 2 aliphatic rings. The fourth-order valence-corrected chi connectivity index (χ4v) is 5.08. The second-order valence-corrected chi connectivity index (χ2v) is 7.96. The van der Waals surface area contributed by atoms with Crippen LogP contribution in [0, 0.1) is 11.8 Å². The van der Waals surface area contributed by atoms with Crippen LogP contribution in [0.3, 0.4) is 0 Å². The lowest BCUT2D eigenvalue weighted by Gasteiger charge is -2.19. The Hall–Kier alpha value is -0.830. The van der Waals surface area contributed by atoms with Gasteiger partial charge in [-0.1, -0.05) is 11.6 Å². The van der Waals surface area contributed by atoms with Gasteiger partial charge in [0.1, 0.15) is 4.90 Å². The maximum atomic E-state index is 12.8. The van der Waals surface area contributed by atoms with E-state index in [1.807, 2.05) is 0 Å². The van der Waals surface area contributed by atoms with Crippen LogP contribution >= 0.6 is 11.6 Å². The number of hydrogen-bond donors (Lipinski definition) is 1. The lowest BCUT2D eigenvalue weighted by atomic mass is 10.0. The van der Waals surface area contributed by atoms with Gasteiger partial charge in [0, 0.05) is 13.1 Å². The first kappa shape index (κ1) is 16.0. The molecule has 9 heteroatoms. The molecular weight excluding hydrogens is 341 g/mol. The normalized spacial score (nSPS) is 26.4. The lowest BCUT2D eigenvalue weighted by molar-refractivity contribution is -0.137. The van der Waals surface area contributed by atoms with E-state index in [4.69, 9.17) is 11.6 Å². The fraction of sp³-hybridized carbons (Fsp3) is 0.538. The first-order valence-corrected chi connectivity index (χ1v) is 8.59. The molecule has 22 heavy (non-hydrogen) atoms. The van der Waals surface area contributed by atoms with Gasteiger partial charge in [-0.05, 0) is 43.1 Å². The smallest absolute Gasteiger partial charge is 0.316 e. The van der Waals surface area contributed by atoms with Crippen LogP contribution in [0.4, 0.5) is 13.2 Å². The number of benzene rings is 1. The molecule has 0 unspecified atom stereocenters. The van der Waals surface area contributed by atoms with E-state index < -0.39 is 26.7 Å². The Morgan fingerprint density at radius 1 is 1.18 bits per heavy atom. The van der Waals surface area contributed by atoms with Crippen LogP contribution in [0.5, 0.6) is 0 Å². The largest absolute Gasteiger partial charge is 0.416 e. The molecule has 2 saturated heterocycles. The van der Waals surface area contributed by atoms with Crippen molar-refractivity contribution in [3.8, 4) is 0 Å². The number of rotatable bonds is 2. The molecular formula is C13H14ClF3N2O2S. The van der Waals surface area contributed by atoms with Gasteiger partial charge in [0.25, 0.3) is 0 Å². The summed E-state index contributed by atoms with van der Waals surface area (Å²) < 4.78 is 64.9. The van der Waals surface area contributed by atoms with E-state index in [9.17, 15) is 21.6 Å². The average molecular weight is 355 g/mol. The van der Waals surface area contributed by atoms with Gasteiger partial charge >= 0.3 is 6.18 Å². The molecule has 1 aromatic rings. The molecule has 2 atom stereocenters. The molecule has 2 heterocycles. The second kappa shape index (κ2) is 5.36. The molecule has 2 fully saturated rings. The molecule has 3 rings (SSSR count). The Balaban J connectivity index is 1.96. The van der Waals surface area contributed by atoms with Gasteiger partial charge in [0.15, 0.2) is 0 Å². The fourth-order valence-electron chi connectivity index (χ4n) is 3.03. The summed E-state index contributed by atoms with van der Waals surface area (Å²) in [4.78, 5) is -0.475. The first-order chi connectivity index (χ1) is 10.2. The van der Waals surface area contributed by atoms with Gasteiger partial charge in [-0.25, -0.2) is 8.42 Å². The van der Waals surface area contributed by atoms with Crippen molar-refractivity contribution >= 4 is 21.6 Å². The minimum atomic E-state index is -4.61. The second-order valence-electron chi connectivity index (χ2n) is 5.64. The molecule has 0 spiro atoms. The van der Waals surface area contributed by atoms with E-state index in [0.29, 0.717) is 19.2 Å². The van der Waals surface area contributed by atoms with Crippen molar-refractivity contribution in [2.24, 2.45) is 11.8 Å². The van der Waals surface area contributed by atoms with Crippen LogP contribution in [-0.2, 0) is 16.2 Å². The van der Waals surface area contributed by atoms with E-state index >= 15 is 0 Å². The summed E-state index contributed by atoms with van der Waals surface area (Å²) in [7, 11) is -4.02. The third-order valence-electron chi connectivity index (χ3n) is 4.23. The van der Waals surface area contributed by atoms with Crippen LogP contribution in [0.2, 0.25) is 5.02 Å². The van der Waals surface area contributed by atoms with Crippen molar-refractivity contribution in [2.75, 3.05) is 26.2 Å². The van der Waals surface area contributed by atoms with Gasteiger partial charge in [-0.3, -0.25) is 0 Å². The quantitative estimate of drug-likeness (QED) is 0.885. The van der Waals surface area contributed by atoms with Crippen LogP contribution in [0.1, 0.15) is 5.56 Å². The van der Waals surface area contributed by atoms with Crippen molar-refractivity contribution < 1.29 is 21.6 Å². The summed E-state index contributed by atoms with van der Waals surface area (Å²) in [5.41, 5.74) is -1.02. The standard InChI is InChI=1S/C13H14ClF3N2O2S/c14-11-2-1-10(13(15,16)17)3-12(11)22(20,21)19-6-8-4-18-5-9(8)7-19/h1-3,8-9,18H,4-7H2/t8-,9+. The minimum Gasteiger partial charge on any atom is -0.316 e. The zero-order valence-electron chi connectivity index (χ0n) is 11.4. The predicted molar refractivity (Wildman–Crippen MR) is 75.1 cm³/mol. The Morgan fingerprint density at radius 3 is 2.32 bits per heavy atom. The van der Waals surface area contributed by atoms with E-state index in [2.05, 4.69) is 5.32 Å². The van der Waals surface area contributed by atoms with Crippen LogP contribution in [-0.4, -0.2) is 38.9 Å². The molecule has 4 nitrogen and oxygen atoms in total. The molecule has 122 valence electrons. The zero-order chi connectivity index (χ0) is 16.1. The summed E-state index contributed by atoms with van der Waals surface area (Å²) >= 11 is 5.84. The van der Waals surface area contributed by atoms with Crippen molar-refractivity contribution in [3.05, 3.63) is 28.8 Å². The molecule has 1 aromatic carbocycles. The highest BCUT2D eigenvalue weighted by Gasteiger charge is 2.42. The molecule has 0 radical (unpaired) electrons. The highest BCUT2D eigenvalue weighted by Crippen LogP contribution is 2.36. The van der Waals surface area contributed by atoms with Gasteiger partial charge in [-0.2, -0.15) is 17.5 Å². The van der Waals surface area contributed by atoms with E-state index in [1.165, 1.54) is 4.31 Å². The maximum Gasteiger partial charge on any atom is 0.416 e. The highest BCUT2D eigenvalue weighted by molar-refractivity contribution is 7.89. The zero-order valence-corrected chi connectivity index (χ0v) is 13.0. The molecule has 2 aliphatic heterocycles. The third kappa shape index (κ3) is 2.73. The average Bonchev–Trinajstić information content (AvgIpc) is 2.98. The monoisotopic (exact) mass is 354 g/mol. The Bertz CT molecular complexity index is 681. The van der Waals surface area contributed by atoms with Crippen molar-refractivity contribution in [2.45, 2.75) is 11.1 Å². The van der Waals surface area contributed by atoms with Gasteiger partial charge in [0.2, 0.25) is 10.0 Å². The molecule has 0 bridgehead atoms. The van der Waals surface area contributed by atoms with E-state index in [0.717, 1.165) is 25.2 Å². The molecule has 0 aliphatic carbocycles. The summed E-state index contributed by atoms with van der Waals surface area (Å²) in [5.74, 6) is 0.415. The summed E-state index contributed by atoms with van der Waals surface area (Å²) in [6.45, 7) is 2.08. The number of sulfonamides is 1. The number of fused-ring (bicyclic) bond motifs is 1. The van der Waals surface area contributed by atoms with Crippen molar-refractivity contribution in [1.82, 2.24) is 9.62 Å². The Morgan fingerprint density at radius 2 is 1.77 bits per heavy atom. The molecule has 0 amide bonds. The van der Waals surface area contributed by atoms with Gasteiger partial charge in [0.05, 0.1) is 10.6 Å². The lowest BCUT2D eigenvalue weighted by Crippen LogP contribution is -2.32. The van der Waals surface area contributed by atoms with Crippen molar-refractivity contribution in [1.29, 1.82) is 0 Å². The molecule has 1 N–H and O–H groups in total. The van der Waals surface area contributed by atoms with Crippen LogP contribution in [0.25, 0.3) is 0 Å². The predicted octanol–water partition coefficient (Wildman–Crippen LogP) is 2.20. The molecule has 0 saturated carbocycles. The number of alkyl halides is 3. The van der Waals surface area contributed by atoms with Crippen LogP contribution in [0.15, 0.2) is 23.1 Å². The van der Waals surface area contributed by atoms with Crippen LogP contribution < -0.4 is 5.32 Å². The van der Waals surface area contributed by atoms with E-state index in [-0.39, 0.29) is 16.9 Å². The topological polar surface area (TPSA) is 49.4 Å². The maximum absolute atomic E-state index is 12.8. The first-order valence-electron chi connectivity index (χ1n) is 6.77. The Kier molecular flexibility index (Phi) is 3.91. The van der Waals surface area contributed by atoms with E-state index in [1.54, 1.807) is 0 Å². The molecule has 0 aromatic heterocycles. The van der Waals surface area contributed by atoms with Gasteiger partial charge in [-0.15, -0.1) is 0 Å². The summed E-state index contributed by atoms with van der Waals surface area (Å²) in [6.07, 6.45) is -4.61. The minimum absolute atomic E-state index is 0.191. The number of halogens is 4. The summed E-state index contributed by atoms with van der Waals surface area (Å²) in [5, 5.41) is 2.99. The number of nitrogens with one attached hydrogen (secondary N) is 1. The summed E-state index contributed by atoms with van der Waals surface area (Å²) in [6, 6.07) is 2.38. The Labute approximate surface area is 131 Å². The van der Waals surface area contributed by atoms with Gasteiger partial charge < -0.3 is 5.32 Å².